The Balaban J connectivity index is 1.15. The number of alkyl halides is 1. The van der Waals surface area contributed by atoms with Crippen LogP contribution in [0.15, 0.2) is 24.3 Å². The quantitative estimate of drug-likeness (QED) is 0.643. The van der Waals surface area contributed by atoms with Gasteiger partial charge in [0.15, 0.2) is 11.5 Å². The maximum Gasteiger partial charge on any atom is 0.225 e. The highest BCUT2D eigenvalue weighted by Gasteiger charge is 2.42. The number of hydrogen-bond acceptors (Lipinski definition) is 4. The van der Waals surface area contributed by atoms with E-state index in [-0.39, 0.29) is 36.3 Å². The molecule has 4 rings (SSSR count). The van der Waals surface area contributed by atoms with Gasteiger partial charge < -0.3 is 15.0 Å². The molecule has 2 saturated heterocycles. The Hall–Kier alpha value is -1.86. The first-order valence-electron chi connectivity index (χ1n) is 12.0. The third-order valence-electron chi connectivity index (χ3n) is 7.51. The topological polar surface area (TPSA) is 58.6 Å². The van der Waals surface area contributed by atoms with Crippen LogP contribution in [-0.4, -0.2) is 61.1 Å². The van der Waals surface area contributed by atoms with Crippen LogP contribution in [0.1, 0.15) is 61.7 Å². The molecule has 1 atom stereocenters. The molecule has 0 spiro atoms. The monoisotopic (exact) mass is 448 g/mol. The first kappa shape index (κ1) is 23.3. The van der Waals surface area contributed by atoms with Crippen LogP contribution in [0.4, 0.5) is 8.78 Å². The fraction of sp³-hybridized carbons (Fsp3) is 0.680. The summed E-state index contributed by atoms with van der Waals surface area (Å²) >= 11 is 0. The fourth-order valence-electron chi connectivity index (χ4n) is 5.24. The maximum absolute atomic E-state index is 15.3. The number of benzene rings is 1. The molecule has 2 aliphatic heterocycles. The summed E-state index contributed by atoms with van der Waals surface area (Å²) in [5.74, 6) is -0.157. The Labute approximate surface area is 188 Å². The average molecular weight is 449 g/mol. The van der Waals surface area contributed by atoms with Gasteiger partial charge in [-0.05, 0) is 75.3 Å². The van der Waals surface area contributed by atoms with Crippen molar-refractivity contribution in [1.29, 1.82) is 0 Å². The number of ketones is 1. The minimum Gasteiger partial charge on any atom is -0.381 e. The molecule has 1 aliphatic carbocycles. The molecule has 3 fully saturated rings. The van der Waals surface area contributed by atoms with E-state index in [0.717, 1.165) is 45.1 Å². The van der Waals surface area contributed by atoms with E-state index in [2.05, 4.69) is 10.2 Å². The Bertz CT molecular complexity index is 779. The molecular formula is C25H34F2N2O3. The zero-order valence-electron chi connectivity index (χ0n) is 18.7. The highest BCUT2D eigenvalue weighted by atomic mass is 19.1. The number of amides is 1. The predicted octanol–water partition coefficient (Wildman–Crippen LogP) is 3.91. The summed E-state index contributed by atoms with van der Waals surface area (Å²) in [6.07, 6.45) is 6.52. The van der Waals surface area contributed by atoms with Crippen LogP contribution in [0.2, 0.25) is 0 Å². The van der Waals surface area contributed by atoms with Gasteiger partial charge in [0.1, 0.15) is 5.82 Å². The second-order valence-electron chi connectivity index (χ2n) is 9.72. The van der Waals surface area contributed by atoms with E-state index in [1.165, 1.54) is 24.3 Å². The third kappa shape index (κ3) is 5.73. The molecule has 1 saturated carbocycles. The summed E-state index contributed by atoms with van der Waals surface area (Å²) in [6, 6.07) is 5.42. The molecule has 0 radical (unpaired) electrons. The van der Waals surface area contributed by atoms with Crippen LogP contribution in [0, 0.1) is 17.7 Å². The number of halogens is 2. The number of hydrogen-bond donors (Lipinski definition) is 1. The lowest BCUT2D eigenvalue weighted by Crippen LogP contribution is -2.47. The number of likely N-dealkylation sites (tertiary alicyclic amines) is 1. The van der Waals surface area contributed by atoms with E-state index >= 15 is 4.39 Å². The minimum atomic E-state index is -1.85. The molecule has 5 nitrogen and oxygen atoms in total. The van der Waals surface area contributed by atoms with Crippen molar-refractivity contribution in [3.8, 4) is 0 Å². The van der Waals surface area contributed by atoms with E-state index in [0.29, 0.717) is 32.2 Å². The average Bonchev–Trinajstić information content (AvgIpc) is 3.35. The molecule has 1 aromatic carbocycles. The Morgan fingerprint density at radius 3 is 2.38 bits per heavy atom. The first-order valence-corrected chi connectivity index (χ1v) is 12.0. The summed E-state index contributed by atoms with van der Waals surface area (Å²) in [5, 5.41) is 3.20. The highest BCUT2D eigenvalue weighted by Crippen LogP contribution is 2.32. The van der Waals surface area contributed by atoms with E-state index < -0.39 is 17.3 Å². The van der Waals surface area contributed by atoms with Gasteiger partial charge in [-0.15, -0.1) is 0 Å². The third-order valence-corrected chi connectivity index (χ3v) is 7.51. The van der Waals surface area contributed by atoms with Crippen LogP contribution in [0.3, 0.4) is 0 Å². The Kier molecular flexibility index (Phi) is 7.56. The van der Waals surface area contributed by atoms with Crippen molar-refractivity contribution in [3.63, 3.8) is 0 Å². The minimum absolute atomic E-state index is 0.0180. The van der Waals surface area contributed by atoms with Crippen LogP contribution < -0.4 is 5.32 Å². The van der Waals surface area contributed by atoms with Crippen molar-refractivity contribution in [2.24, 2.45) is 11.8 Å². The molecule has 32 heavy (non-hydrogen) atoms. The van der Waals surface area contributed by atoms with Gasteiger partial charge in [-0.25, -0.2) is 8.78 Å². The van der Waals surface area contributed by atoms with Crippen LogP contribution >= 0.6 is 0 Å². The van der Waals surface area contributed by atoms with Gasteiger partial charge in [-0.2, -0.15) is 0 Å². The number of nitrogens with zero attached hydrogens (tertiary/aromatic N) is 1. The van der Waals surface area contributed by atoms with Crippen molar-refractivity contribution < 1.29 is 23.1 Å². The van der Waals surface area contributed by atoms with E-state index in [1.807, 2.05) is 0 Å². The molecule has 0 bridgehead atoms. The van der Waals surface area contributed by atoms with Crippen LogP contribution in [0.5, 0.6) is 0 Å². The SMILES string of the molecule is O=C(NC1CCC(CCN2CCC(F)(C(=O)c3ccc(F)cc3)CC2)CC1)C1CCOC1. The lowest BCUT2D eigenvalue weighted by atomic mass is 9.83. The highest BCUT2D eigenvalue weighted by molar-refractivity contribution is 6.02. The van der Waals surface area contributed by atoms with E-state index in [1.54, 1.807) is 0 Å². The zero-order valence-corrected chi connectivity index (χ0v) is 18.7. The van der Waals surface area contributed by atoms with Gasteiger partial charge >= 0.3 is 0 Å². The van der Waals surface area contributed by atoms with Crippen molar-refractivity contribution in [1.82, 2.24) is 10.2 Å². The molecule has 1 unspecified atom stereocenters. The molecule has 1 amide bonds. The van der Waals surface area contributed by atoms with Crippen LogP contribution in [0.25, 0.3) is 0 Å². The lowest BCUT2D eigenvalue weighted by molar-refractivity contribution is -0.126. The molecular weight excluding hydrogens is 414 g/mol. The number of rotatable bonds is 7. The van der Waals surface area contributed by atoms with Crippen LogP contribution in [-0.2, 0) is 9.53 Å². The Morgan fingerprint density at radius 2 is 1.75 bits per heavy atom. The summed E-state index contributed by atoms with van der Waals surface area (Å²) in [4.78, 5) is 27.1. The zero-order chi connectivity index (χ0) is 22.6. The smallest absolute Gasteiger partial charge is 0.225 e. The van der Waals surface area contributed by atoms with Gasteiger partial charge in [0.2, 0.25) is 5.91 Å². The standard InChI is InChI=1S/C25H34F2N2O3/c26-21-5-3-19(4-6-21)23(30)25(27)11-14-29(15-12-25)13-9-18-1-7-22(8-2-18)28-24(31)20-10-16-32-17-20/h3-6,18,20,22H,1-2,7-17H2,(H,28,31). The maximum atomic E-state index is 15.3. The molecule has 7 heteroatoms. The number of Topliss-reactive ketones (excluding diaryl/α,β-unsaturated/α-hetero) is 1. The number of carbonyl (C=O) groups is 2. The summed E-state index contributed by atoms with van der Waals surface area (Å²) in [7, 11) is 0. The van der Waals surface area contributed by atoms with Gasteiger partial charge in [-0.3, -0.25) is 9.59 Å². The van der Waals surface area contributed by atoms with Crippen molar-refractivity contribution in [3.05, 3.63) is 35.6 Å². The van der Waals surface area contributed by atoms with E-state index in [4.69, 9.17) is 4.74 Å². The summed E-state index contributed by atoms with van der Waals surface area (Å²) in [6.45, 7) is 3.29. The normalized spacial score (nSPS) is 28.4. The van der Waals surface area contributed by atoms with Gasteiger partial charge in [0.05, 0.1) is 12.5 Å². The summed E-state index contributed by atoms with van der Waals surface area (Å²) in [5.41, 5.74) is -1.61. The molecule has 3 aliphatic rings. The van der Waals surface area contributed by atoms with Gasteiger partial charge in [0.25, 0.3) is 0 Å². The Morgan fingerprint density at radius 1 is 1.06 bits per heavy atom. The number of ether oxygens (including phenoxy) is 1. The molecule has 1 N–H and O–H groups in total. The van der Waals surface area contributed by atoms with Gasteiger partial charge in [0, 0.05) is 44.1 Å². The first-order chi connectivity index (χ1) is 15.4. The van der Waals surface area contributed by atoms with Gasteiger partial charge in [-0.1, -0.05) is 0 Å². The van der Waals surface area contributed by atoms with Crippen molar-refractivity contribution in [2.75, 3.05) is 32.8 Å². The summed E-state index contributed by atoms with van der Waals surface area (Å²) < 4.78 is 33.7. The lowest BCUT2D eigenvalue weighted by Gasteiger charge is -2.37. The second kappa shape index (κ2) is 10.4. The van der Waals surface area contributed by atoms with E-state index in [9.17, 15) is 14.0 Å². The largest absolute Gasteiger partial charge is 0.381 e. The van der Waals surface area contributed by atoms with Crippen molar-refractivity contribution >= 4 is 11.7 Å². The predicted molar refractivity (Wildman–Crippen MR) is 118 cm³/mol. The fourth-order valence-corrected chi connectivity index (χ4v) is 5.24. The molecule has 0 aromatic heterocycles. The number of piperidine rings is 1. The number of nitrogens with one attached hydrogen (secondary N) is 1. The molecule has 176 valence electrons. The van der Waals surface area contributed by atoms with Crippen molar-refractivity contribution in [2.45, 2.75) is 63.1 Å². The second-order valence-corrected chi connectivity index (χ2v) is 9.72. The molecule has 2 heterocycles. The molecule has 1 aromatic rings. The number of carbonyl (C=O) groups excluding carboxylic acids is 2.